The van der Waals surface area contributed by atoms with E-state index in [0.717, 1.165) is 5.56 Å². The minimum Gasteiger partial charge on any atom is -0.465 e. The maximum Gasteiger partial charge on any atom is 0.407 e. The summed E-state index contributed by atoms with van der Waals surface area (Å²) in [6, 6.07) is 10.2. The van der Waals surface area contributed by atoms with Crippen LogP contribution in [0.1, 0.15) is 24.9 Å². The number of hydrogen-bond acceptors (Lipinski definition) is 3. The van der Waals surface area contributed by atoms with Crippen LogP contribution in [0.3, 0.4) is 0 Å². The zero-order valence-electron chi connectivity index (χ0n) is 11.7. The fraction of sp³-hybridized carbons (Fsp3) is 0.533. The summed E-state index contributed by atoms with van der Waals surface area (Å²) in [5.74, 6) is 0.108. The zero-order chi connectivity index (χ0) is 14.5. The highest BCUT2D eigenvalue weighted by molar-refractivity contribution is 5.65. The van der Waals surface area contributed by atoms with Crippen LogP contribution in [0, 0.1) is 5.92 Å². The second-order valence-corrected chi connectivity index (χ2v) is 5.37. The molecule has 1 amide bonds. The van der Waals surface area contributed by atoms with Gasteiger partial charge in [0.05, 0.1) is 0 Å². The molecule has 1 fully saturated rings. The number of nitrogens with one attached hydrogen (secondary N) is 1. The van der Waals surface area contributed by atoms with Gasteiger partial charge in [0, 0.05) is 37.7 Å². The van der Waals surface area contributed by atoms with Crippen LogP contribution in [0.5, 0.6) is 0 Å². The van der Waals surface area contributed by atoms with Gasteiger partial charge in [0.1, 0.15) is 0 Å². The van der Waals surface area contributed by atoms with Crippen LogP contribution < -0.4 is 5.32 Å². The molecule has 0 radical (unpaired) electrons. The molecule has 3 N–H and O–H groups in total. The van der Waals surface area contributed by atoms with Crippen LogP contribution in [0.25, 0.3) is 0 Å². The summed E-state index contributed by atoms with van der Waals surface area (Å²) in [6.07, 6.45) is -0.192. The highest BCUT2D eigenvalue weighted by Gasteiger charge is 2.31. The van der Waals surface area contributed by atoms with Gasteiger partial charge in [-0.15, -0.1) is 0 Å². The van der Waals surface area contributed by atoms with Gasteiger partial charge in [-0.3, -0.25) is 0 Å². The van der Waals surface area contributed by atoms with Crippen molar-refractivity contribution in [1.82, 2.24) is 10.2 Å². The minimum absolute atomic E-state index is 0.0138. The molecule has 0 unspecified atom stereocenters. The van der Waals surface area contributed by atoms with Crippen molar-refractivity contribution in [2.75, 3.05) is 19.7 Å². The molecule has 20 heavy (non-hydrogen) atoms. The van der Waals surface area contributed by atoms with Crippen LogP contribution in [0.15, 0.2) is 30.3 Å². The molecule has 0 aromatic heterocycles. The molecule has 0 saturated carbocycles. The molecule has 0 bridgehead atoms. The Morgan fingerprint density at radius 3 is 2.75 bits per heavy atom. The van der Waals surface area contributed by atoms with Gasteiger partial charge in [-0.1, -0.05) is 30.3 Å². The van der Waals surface area contributed by atoms with Crippen LogP contribution in [0.2, 0.25) is 0 Å². The molecule has 110 valence electrons. The number of carbonyl (C=O) groups is 1. The van der Waals surface area contributed by atoms with E-state index in [4.69, 9.17) is 5.11 Å². The first-order valence-corrected chi connectivity index (χ1v) is 7.01. The Morgan fingerprint density at radius 1 is 1.45 bits per heavy atom. The van der Waals surface area contributed by atoms with Crippen LogP contribution in [-0.4, -0.2) is 46.9 Å². The van der Waals surface area contributed by atoms with Crippen molar-refractivity contribution in [3.8, 4) is 0 Å². The van der Waals surface area contributed by atoms with Crippen molar-refractivity contribution in [2.24, 2.45) is 5.92 Å². The van der Waals surface area contributed by atoms with E-state index in [1.54, 1.807) is 0 Å². The van der Waals surface area contributed by atoms with Crippen LogP contribution >= 0.6 is 0 Å². The van der Waals surface area contributed by atoms with Gasteiger partial charge in [0.25, 0.3) is 0 Å². The van der Waals surface area contributed by atoms with Gasteiger partial charge in [0.15, 0.2) is 0 Å². The van der Waals surface area contributed by atoms with Crippen molar-refractivity contribution in [3.05, 3.63) is 35.9 Å². The molecule has 0 aliphatic carbocycles. The quantitative estimate of drug-likeness (QED) is 0.784. The maximum absolute atomic E-state index is 11.1. The summed E-state index contributed by atoms with van der Waals surface area (Å²) < 4.78 is 0. The predicted molar refractivity (Wildman–Crippen MR) is 76.6 cm³/mol. The minimum atomic E-state index is -0.888. The maximum atomic E-state index is 11.1. The Morgan fingerprint density at radius 2 is 2.15 bits per heavy atom. The summed E-state index contributed by atoms with van der Waals surface area (Å²) in [7, 11) is 0. The fourth-order valence-electron chi connectivity index (χ4n) is 2.74. The van der Waals surface area contributed by atoms with Crippen LogP contribution in [-0.2, 0) is 0 Å². The van der Waals surface area contributed by atoms with Crippen LogP contribution in [0.4, 0.5) is 4.79 Å². The number of aliphatic hydroxyl groups is 1. The standard InChI is InChI=1S/C15H22N2O3/c1-11(12-5-3-2-4-6-12)16-14-9-17(15(19)20)8-7-13(14)10-18/h2-6,11,13-14,16,18H,7-10H2,1H3,(H,19,20)/t11-,13+,14+/m0/s1. The Bertz CT molecular complexity index is 438. The summed E-state index contributed by atoms with van der Waals surface area (Å²) in [6.45, 7) is 3.08. The van der Waals surface area contributed by atoms with Gasteiger partial charge in [0.2, 0.25) is 0 Å². The first kappa shape index (κ1) is 14.8. The molecule has 0 spiro atoms. The first-order valence-electron chi connectivity index (χ1n) is 7.01. The smallest absolute Gasteiger partial charge is 0.407 e. The number of piperidine rings is 1. The number of carboxylic acid groups (broad SMARTS) is 1. The lowest BCUT2D eigenvalue weighted by Gasteiger charge is -2.38. The van der Waals surface area contributed by atoms with E-state index in [-0.39, 0.29) is 24.6 Å². The number of rotatable bonds is 4. The Labute approximate surface area is 119 Å². The lowest BCUT2D eigenvalue weighted by molar-refractivity contribution is 0.0812. The SMILES string of the molecule is C[C@H](N[C@@H]1CN(C(=O)O)CC[C@@H]1CO)c1ccccc1. The Balaban J connectivity index is 2.02. The fourth-order valence-corrected chi connectivity index (χ4v) is 2.74. The number of aliphatic hydroxyl groups excluding tert-OH is 1. The lowest BCUT2D eigenvalue weighted by Crippen LogP contribution is -2.53. The predicted octanol–water partition coefficient (Wildman–Crippen LogP) is 1.70. The topological polar surface area (TPSA) is 72.8 Å². The van der Waals surface area contributed by atoms with Gasteiger partial charge < -0.3 is 20.4 Å². The number of benzene rings is 1. The molecule has 1 aliphatic rings. The number of hydrogen-bond donors (Lipinski definition) is 3. The number of nitrogens with zero attached hydrogens (tertiary/aromatic N) is 1. The Kier molecular flexibility index (Phi) is 4.98. The van der Waals surface area contributed by atoms with E-state index in [9.17, 15) is 9.90 Å². The third kappa shape index (κ3) is 3.49. The summed E-state index contributed by atoms with van der Waals surface area (Å²) in [4.78, 5) is 12.5. The summed E-state index contributed by atoms with van der Waals surface area (Å²) in [5, 5.41) is 22.0. The first-order chi connectivity index (χ1) is 9.61. The second kappa shape index (κ2) is 6.72. The molecular formula is C15H22N2O3. The average molecular weight is 278 g/mol. The number of likely N-dealkylation sites (tertiary alicyclic amines) is 1. The van der Waals surface area contributed by atoms with Crippen molar-refractivity contribution < 1.29 is 15.0 Å². The second-order valence-electron chi connectivity index (χ2n) is 5.37. The highest BCUT2D eigenvalue weighted by atomic mass is 16.4. The molecule has 1 aromatic carbocycles. The van der Waals surface area contributed by atoms with Gasteiger partial charge >= 0.3 is 6.09 Å². The normalized spacial score (nSPS) is 24.4. The molecule has 1 aliphatic heterocycles. The average Bonchev–Trinajstić information content (AvgIpc) is 2.48. The largest absolute Gasteiger partial charge is 0.465 e. The van der Waals surface area contributed by atoms with E-state index in [1.165, 1.54) is 4.90 Å². The molecule has 1 aromatic rings. The van der Waals surface area contributed by atoms with Gasteiger partial charge in [-0.25, -0.2) is 4.79 Å². The van der Waals surface area contributed by atoms with Crippen molar-refractivity contribution in [3.63, 3.8) is 0 Å². The van der Waals surface area contributed by atoms with E-state index < -0.39 is 6.09 Å². The Hall–Kier alpha value is -1.59. The van der Waals surface area contributed by atoms with E-state index in [1.807, 2.05) is 30.3 Å². The van der Waals surface area contributed by atoms with Gasteiger partial charge in [-0.2, -0.15) is 0 Å². The van der Waals surface area contributed by atoms with E-state index in [0.29, 0.717) is 19.5 Å². The third-order valence-corrected chi connectivity index (χ3v) is 4.02. The van der Waals surface area contributed by atoms with Crippen molar-refractivity contribution in [2.45, 2.75) is 25.4 Å². The van der Waals surface area contributed by atoms with Gasteiger partial charge in [-0.05, 0) is 18.9 Å². The summed E-state index contributed by atoms with van der Waals surface area (Å²) in [5.41, 5.74) is 1.16. The molecule has 2 rings (SSSR count). The van der Waals surface area contributed by atoms with Crippen molar-refractivity contribution >= 4 is 6.09 Å². The molecule has 1 heterocycles. The monoisotopic (exact) mass is 278 g/mol. The molecular weight excluding hydrogens is 256 g/mol. The summed E-state index contributed by atoms with van der Waals surface area (Å²) >= 11 is 0. The molecule has 5 nitrogen and oxygen atoms in total. The zero-order valence-corrected chi connectivity index (χ0v) is 11.7. The lowest BCUT2D eigenvalue weighted by atomic mass is 9.91. The molecule has 5 heteroatoms. The third-order valence-electron chi connectivity index (χ3n) is 4.02. The molecule has 1 saturated heterocycles. The van der Waals surface area contributed by atoms with Crippen molar-refractivity contribution in [1.29, 1.82) is 0 Å². The van der Waals surface area contributed by atoms with E-state index in [2.05, 4.69) is 12.2 Å². The highest BCUT2D eigenvalue weighted by Crippen LogP contribution is 2.21. The number of amides is 1. The van der Waals surface area contributed by atoms with E-state index >= 15 is 0 Å². The molecule has 3 atom stereocenters.